The van der Waals surface area contributed by atoms with E-state index in [0.717, 1.165) is 0 Å². The van der Waals surface area contributed by atoms with E-state index in [2.05, 4.69) is 0 Å². The second kappa shape index (κ2) is 2.24. The highest BCUT2D eigenvalue weighted by atomic mass is 16.2. The summed E-state index contributed by atoms with van der Waals surface area (Å²) in [6.07, 6.45) is 5.54. The van der Waals surface area contributed by atoms with E-state index >= 15 is 0 Å². The molecule has 0 aromatic heterocycles. The molecule has 1 fully saturated rings. The lowest BCUT2D eigenvalue weighted by atomic mass is 9.94. The molecule has 3 nitrogen and oxygen atoms in total. The van der Waals surface area contributed by atoms with Crippen LogP contribution in [0.15, 0.2) is 23.8 Å². The molecule has 0 spiro atoms. The molecule has 0 bridgehead atoms. The van der Waals surface area contributed by atoms with Gasteiger partial charge < -0.3 is 0 Å². The third-order valence-corrected chi connectivity index (χ3v) is 2.17. The van der Waals surface area contributed by atoms with Crippen LogP contribution in [0.4, 0.5) is 0 Å². The van der Waals surface area contributed by atoms with Gasteiger partial charge in [0.15, 0.2) is 0 Å². The molecule has 0 N–H and O–H groups in total. The number of Topliss-reactive ketones (excluding diaryl/α,β-unsaturated/α-hetero) is 3. The first kappa shape index (κ1) is 7.16. The standard InChI is InChI=1S/C9H6O3/c10-7-5-3-1-2-4-6(5)8(11)9(7)12/h1-3,6H,4H2. The van der Waals surface area contributed by atoms with Gasteiger partial charge in [-0.25, -0.2) is 0 Å². The Morgan fingerprint density at radius 1 is 1.17 bits per heavy atom. The highest BCUT2D eigenvalue weighted by Crippen LogP contribution is 2.28. The van der Waals surface area contributed by atoms with Gasteiger partial charge >= 0.3 is 0 Å². The lowest BCUT2D eigenvalue weighted by Crippen LogP contribution is -2.15. The van der Waals surface area contributed by atoms with Crippen molar-refractivity contribution >= 4 is 17.3 Å². The molecule has 0 aromatic carbocycles. The molecular weight excluding hydrogens is 156 g/mol. The largest absolute Gasteiger partial charge is 0.290 e. The number of rotatable bonds is 0. The maximum absolute atomic E-state index is 11.1. The summed E-state index contributed by atoms with van der Waals surface area (Å²) in [6, 6.07) is 0. The van der Waals surface area contributed by atoms with Gasteiger partial charge in [0.25, 0.3) is 5.78 Å². The Balaban J connectivity index is 2.51. The zero-order valence-corrected chi connectivity index (χ0v) is 6.24. The smallest absolute Gasteiger partial charge is 0.269 e. The van der Waals surface area contributed by atoms with Gasteiger partial charge in [0.2, 0.25) is 11.6 Å². The zero-order valence-electron chi connectivity index (χ0n) is 6.24. The summed E-state index contributed by atoms with van der Waals surface area (Å²) in [6.45, 7) is 0. The lowest BCUT2D eigenvalue weighted by Gasteiger charge is -2.07. The van der Waals surface area contributed by atoms with Crippen molar-refractivity contribution < 1.29 is 14.4 Å². The monoisotopic (exact) mass is 162 g/mol. The molecule has 2 aliphatic rings. The van der Waals surface area contributed by atoms with Gasteiger partial charge in [-0.3, -0.25) is 14.4 Å². The topological polar surface area (TPSA) is 51.2 Å². The van der Waals surface area contributed by atoms with E-state index in [1.54, 1.807) is 18.2 Å². The van der Waals surface area contributed by atoms with Crippen LogP contribution in [0.1, 0.15) is 6.42 Å². The molecule has 12 heavy (non-hydrogen) atoms. The van der Waals surface area contributed by atoms with Crippen LogP contribution < -0.4 is 0 Å². The van der Waals surface area contributed by atoms with Crippen molar-refractivity contribution in [2.45, 2.75) is 6.42 Å². The zero-order chi connectivity index (χ0) is 8.72. The summed E-state index contributed by atoms with van der Waals surface area (Å²) in [5.74, 6) is -2.49. The maximum atomic E-state index is 11.1. The first-order valence-corrected chi connectivity index (χ1v) is 3.71. The molecule has 3 heteroatoms. The minimum atomic E-state index is -0.852. The summed E-state index contributed by atoms with van der Waals surface area (Å²) in [5, 5.41) is 0. The number of carbonyl (C=O) groups excluding carboxylic acids is 3. The first-order chi connectivity index (χ1) is 5.72. The highest BCUT2D eigenvalue weighted by molar-refractivity contribution is 6.72. The predicted molar refractivity (Wildman–Crippen MR) is 40.4 cm³/mol. The van der Waals surface area contributed by atoms with Crippen LogP contribution in [0.3, 0.4) is 0 Å². The lowest BCUT2D eigenvalue weighted by molar-refractivity contribution is -0.140. The number of ketones is 3. The molecule has 2 aliphatic carbocycles. The summed E-state index contributed by atoms with van der Waals surface area (Å²) >= 11 is 0. The van der Waals surface area contributed by atoms with Gasteiger partial charge in [-0.15, -0.1) is 0 Å². The van der Waals surface area contributed by atoms with Gasteiger partial charge in [-0.05, 0) is 6.42 Å². The average Bonchev–Trinajstić information content (AvgIpc) is 2.33. The molecule has 0 aromatic rings. The summed E-state index contributed by atoms with van der Waals surface area (Å²) < 4.78 is 0. The van der Waals surface area contributed by atoms with Crippen molar-refractivity contribution in [2.75, 3.05) is 0 Å². The van der Waals surface area contributed by atoms with Crippen molar-refractivity contribution in [2.24, 2.45) is 5.92 Å². The second-order valence-corrected chi connectivity index (χ2v) is 2.86. The van der Waals surface area contributed by atoms with Crippen LogP contribution in [-0.4, -0.2) is 17.3 Å². The van der Waals surface area contributed by atoms with Crippen LogP contribution in [0.25, 0.3) is 0 Å². The third kappa shape index (κ3) is 0.733. The van der Waals surface area contributed by atoms with Gasteiger partial charge in [-0.2, -0.15) is 0 Å². The Kier molecular flexibility index (Phi) is 1.33. The Hall–Kier alpha value is -1.51. The first-order valence-electron chi connectivity index (χ1n) is 3.71. The molecule has 0 radical (unpaired) electrons. The Bertz CT molecular complexity index is 347. The fourth-order valence-electron chi connectivity index (χ4n) is 1.51. The van der Waals surface area contributed by atoms with Crippen LogP contribution in [0, 0.1) is 5.92 Å². The predicted octanol–water partition coefficient (Wildman–Crippen LogP) is 0.210. The number of allylic oxidation sites excluding steroid dienone is 4. The molecule has 1 atom stereocenters. The fourth-order valence-corrected chi connectivity index (χ4v) is 1.51. The van der Waals surface area contributed by atoms with Gasteiger partial charge in [-0.1, -0.05) is 18.2 Å². The van der Waals surface area contributed by atoms with Gasteiger partial charge in [0, 0.05) is 5.57 Å². The molecule has 0 heterocycles. The van der Waals surface area contributed by atoms with Crippen molar-refractivity contribution in [3.05, 3.63) is 23.8 Å². The van der Waals surface area contributed by atoms with Gasteiger partial charge in [0.05, 0.1) is 5.92 Å². The van der Waals surface area contributed by atoms with Crippen molar-refractivity contribution in [1.29, 1.82) is 0 Å². The fraction of sp³-hybridized carbons (Fsp3) is 0.222. The van der Waals surface area contributed by atoms with Crippen LogP contribution in [0.2, 0.25) is 0 Å². The molecule has 0 aliphatic heterocycles. The molecule has 0 saturated heterocycles. The maximum Gasteiger partial charge on any atom is 0.269 e. The minimum absolute atomic E-state index is 0.368. The Labute approximate surface area is 68.8 Å². The van der Waals surface area contributed by atoms with E-state index in [1.165, 1.54) is 0 Å². The SMILES string of the molecule is O=C1C(=O)C2=CC=CCC2C1=O. The summed E-state index contributed by atoms with van der Waals surface area (Å²) in [7, 11) is 0. The van der Waals surface area contributed by atoms with E-state index in [1.807, 2.05) is 0 Å². The van der Waals surface area contributed by atoms with Crippen molar-refractivity contribution in [3.63, 3.8) is 0 Å². The Morgan fingerprint density at radius 3 is 2.58 bits per heavy atom. The number of hydrogen-bond acceptors (Lipinski definition) is 3. The third-order valence-electron chi connectivity index (χ3n) is 2.17. The van der Waals surface area contributed by atoms with Crippen LogP contribution >= 0.6 is 0 Å². The number of carbonyl (C=O) groups is 3. The molecular formula is C9H6O3. The molecule has 60 valence electrons. The van der Waals surface area contributed by atoms with E-state index in [0.29, 0.717) is 12.0 Å². The van der Waals surface area contributed by atoms with Gasteiger partial charge in [0.1, 0.15) is 0 Å². The normalized spacial score (nSPS) is 27.5. The van der Waals surface area contributed by atoms with E-state index in [-0.39, 0.29) is 0 Å². The minimum Gasteiger partial charge on any atom is -0.290 e. The molecule has 1 unspecified atom stereocenters. The van der Waals surface area contributed by atoms with Crippen molar-refractivity contribution in [1.82, 2.24) is 0 Å². The molecule has 1 saturated carbocycles. The number of fused-ring (bicyclic) bond motifs is 1. The van der Waals surface area contributed by atoms with E-state index in [9.17, 15) is 14.4 Å². The van der Waals surface area contributed by atoms with E-state index < -0.39 is 23.3 Å². The quantitative estimate of drug-likeness (QED) is 0.478. The highest BCUT2D eigenvalue weighted by Gasteiger charge is 2.43. The molecule has 2 rings (SSSR count). The summed E-state index contributed by atoms with van der Waals surface area (Å²) in [5.41, 5.74) is 0.368. The van der Waals surface area contributed by atoms with Crippen LogP contribution in [-0.2, 0) is 14.4 Å². The Morgan fingerprint density at radius 2 is 1.92 bits per heavy atom. The molecule has 0 amide bonds. The number of hydrogen-bond donors (Lipinski definition) is 0. The second-order valence-electron chi connectivity index (χ2n) is 2.86. The average molecular weight is 162 g/mol. The van der Waals surface area contributed by atoms with Crippen molar-refractivity contribution in [3.8, 4) is 0 Å². The van der Waals surface area contributed by atoms with E-state index in [4.69, 9.17) is 0 Å². The van der Waals surface area contributed by atoms with Crippen LogP contribution in [0.5, 0.6) is 0 Å². The summed E-state index contributed by atoms with van der Waals surface area (Å²) in [4.78, 5) is 33.1.